The molecule has 0 heterocycles. The van der Waals surface area contributed by atoms with Crippen LogP contribution in [-0.4, -0.2) is 39.3 Å². The maximum absolute atomic E-state index is 10.6. The van der Waals surface area contributed by atoms with Gasteiger partial charge in [-0.15, -0.1) is 0 Å². The molecule has 0 radical (unpaired) electrons. The predicted molar refractivity (Wildman–Crippen MR) is 113 cm³/mol. The second-order valence-electron chi connectivity index (χ2n) is 9.07. The van der Waals surface area contributed by atoms with Crippen molar-refractivity contribution >= 4 is 8.32 Å². The molecule has 0 spiro atoms. The molecule has 0 fully saturated rings. The first-order chi connectivity index (χ1) is 12.5. The fourth-order valence-electron chi connectivity index (χ4n) is 3.02. The van der Waals surface area contributed by atoms with Gasteiger partial charge in [0.15, 0.2) is 8.32 Å². The summed E-state index contributed by atoms with van der Waals surface area (Å²) >= 11 is 0. The number of hydrogen-bond donors (Lipinski definition) is 1. The van der Waals surface area contributed by atoms with Crippen LogP contribution in [0, 0.1) is 5.92 Å². The van der Waals surface area contributed by atoms with Crippen LogP contribution >= 0.6 is 0 Å². The molecule has 0 aromatic heterocycles. The summed E-state index contributed by atoms with van der Waals surface area (Å²) in [6.07, 6.45) is 2.20. The summed E-state index contributed by atoms with van der Waals surface area (Å²) in [6, 6.07) is 7.90. The van der Waals surface area contributed by atoms with Crippen LogP contribution in [0.4, 0.5) is 0 Å². The highest BCUT2D eigenvalue weighted by Gasteiger charge is 2.40. The van der Waals surface area contributed by atoms with Crippen molar-refractivity contribution in [1.29, 1.82) is 0 Å². The Balaban J connectivity index is 2.05. The van der Waals surface area contributed by atoms with E-state index in [2.05, 4.69) is 46.9 Å². The van der Waals surface area contributed by atoms with E-state index in [1.807, 2.05) is 24.3 Å². The molecule has 1 N–H and O–H groups in total. The van der Waals surface area contributed by atoms with Gasteiger partial charge in [0.2, 0.25) is 0 Å². The molecule has 0 saturated heterocycles. The molecular weight excluding hydrogens is 356 g/mol. The molecule has 4 nitrogen and oxygen atoms in total. The van der Waals surface area contributed by atoms with E-state index < -0.39 is 14.4 Å². The van der Waals surface area contributed by atoms with E-state index >= 15 is 0 Å². The average molecular weight is 393 g/mol. The summed E-state index contributed by atoms with van der Waals surface area (Å²) in [6.45, 7) is 14.3. The highest BCUT2D eigenvalue weighted by molar-refractivity contribution is 6.74. The third-order valence-electron chi connectivity index (χ3n) is 6.04. The number of rotatable bonds is 7. The van der Waals surface area contributed by atoms with E-state index in [0.717, 1.165) is 11.3 Å². The van der Waals surface area contributed by atoms with Gasteiger partial charge in [0, 0.05) is 12.5 Å². The quantitative estimate of drug-likeness (QED) is 0.528. The minimum absolute atomic E-state index is 0.0395. The number of aliphatic hydroxyl groups is 1. The van der Waals surface area contributed by atoms with Gasteiger partial charge in [-0.25, -0.2) is 0 Å². The van der Waals surface area contributed by atoms with E-state index in [0.29, 0.717) is 19.6 Å². The van der Waals surface area contributed by atoms with Crippen LogP contribution in [0.1, 0.15) is 39.7 Å². The summed E-state index contributed by atoms with van der Waals surface area (Å²) in [5.41, 5.74) is 2.27. The molecule has 0 saturated carbocycles. The summed E-state index contributed by atoms with van der Waals surface area (Å²) in [4.78, 5) is 0. The van der Waals surface area contributed by atoms with Crippen molar-refractivity contribution in [2.45, 2.75) is 71.1 Å². The largest absolute Gasteiger partial charge is 0.497 e. The van der Waals surface area contributed by atoms with Crippen LogP contribution in [0.3, 0.4) is 0 Å². The van der Waals surface area contributed by atoms with E-state index in [4.69, 9.17) is 13.9 Å². The van der Waals surface area contributed by atoms with Crippen LogP contribution in [0.5, 0.6) is 5.75 Å². The van der Waals surface area contributed by atoms with E-state index in [9.17, 15) is 5.11 Å². The number of benzene rings is 1. The van der Waals surface area contributed by atoms with Crippen molar-refractivity contribution in [1.82, 2.24) is 0 Å². The minimum atomic E-state index is -1.87. The number of ether oxygens (including phenoxy) is 2. The lowest BCUT2D eigenvalue weighted by Gasteiger charge is -2.40. The van der Waals surface area contributed by atoms with Gasteiger partial charge in [-0.1, -0.05) is 39.0 Å². The molecule has 3 atom stereocenters. The Hall–Kier alpha value is -1.14. The minimum Gasteiger partial charge on any atom is -0.497 e. The first-order valence-corrected chi connectivity index (χ1v) is 12.7. The smallest absolute Gasteiger partial charge is 0.191 e. The van der Waals surface area contributed by atoms with Gasteiger partial charge >= 0.3 is 0 Å². The van der Waals surface area contributed by atoms with E-state index in [-0.39, 0.29) is 17.1 Å². The molecule has 1 aliphatic rings. The third kappa shape index (κ3) is 5.67. The third-order valence-corrected chi connectivity index (χ3v) is 10.5. The van der Waals surface area contributed by atoms with Gasteiger partial charge in [-0.2, -0.15) is 0 Å². The van der Waals surface area contributed by atoms with Crippen LogP contribution in [0.2, 0.25) is 18.1 Å². The Morgan fingerprint density at radius 2 is 1.78 bits per heavy atom. The van der Waals surface area contributed by atoms with Crippen LogP contribution in [0.25, 0.3) is 0 Å². The molecule has 2 rings (SSSR count). The Morgan fingerprint density at radius 3 is 2.33 bits per heavy atom. The summed E-state index contributed by atoms with van der Waals surface area (Å²) in [5, 5.41) is 10.8. The standard InChI is InChI=1S/C22H36O4Si/c1-16-8-13-20(23)19(15-26-27(6,7)22(2,3)4)21(16)25-14-17-9-11-18(24-5)12-10-17/h8-12,19-21,23H,13-15H2,1-7H3/t19-,20+,21+/m0/s1. The number of methoxy groups -OCH3 is 1. The molecule has 5 heteroatoms. The molecule has 27 heavy (non-hydrogen) atoms. The number of aliphatic hydroxyl groups excluding tert-OH is 1. The van der Waals surface area contributed by atoms with Gasteiger partial charge in [-0.05, 0) is 54.7 Å². The van der Waals surface area contributed by atoms with Crippen molar-refractivity contribution < 1.29 is 19.0 Å². The lowest BCUT2D eigenvalue weighted by molar-refractivity contribution is -0.0493. The zero-order valence-electron chi connectivity index (χ0n) is 17.9. The Morgan fingerprint density at radius 1 is 1.15 bits per heavy atom. The van der Waals surface area contributed by atoms with Crippen molar-refractivity contribution in [3.63, 3.8) is 0 Å². The van der Waals surface area contributed by atoms with Crippen LogP contribution < -0.4 is 4.74 Å². The normalized spacial score (nSPS) is 23.9. The second kappa shape index (κ2) is 8.91. The topological polar surface area (TPSA) is 47.9 Å². The Bertz CT molecular complexity index is 631. The first kappa shape index (κ1) is 22.1. The first-order valence-electron chi connectivity index (χ1n) is 9.78. The summed E-state index contributed by atoms with van der Waals surface area (Å²) in [5.74, 6) is 0.797. The highest BCUT2D eigenvalue weighted by atomic mass is 28.4. The van der Waals surface area contributed by atoms with Crippen LogP contribution in [0.15, 0.2) is 35.9 Å². The van der Waals surface area contributed by atoms with Crippen molar-refractivity contribution in [2.75, 3.05) is 13.7 Å². The predicted octanol–water partition coefficient (Wildman–Crippen LogP) is 4.93. The van der Waals surface area contributed by atoms with Crippen LogP contribution in [-0.2, 0) is 15.8 Å². The highest BCUT2D eigenvalue weighted by Crippen LogP contribution is 2.38. The zero-order valence-corrected chi connectivity index (χ0v) is 18.9. The zero-order chi connectivity index (χ0) is 20.2. The molecule has 1 aromatic carbocycles. The molecular formula is C22H36O4Si. The average Bonchev–Trinajstić information content (AvgIpc) is 2.60. The van der Waals surface area contributed by atoms with Crippen molar-refractivity contribution in [2.24, 2.45) is 5.92 Å². The lowest BCUT2D eigenvalue weighted by Crippen LogP contribution is -2.46. The van der Waals surface area contributed by atoms with Crippen molar-refractivity contribution in [3.8, 4) is 5.75 Å². The Kier molecular flexibility index (Phi) is 7.31. The van der Waals surface area contributed by atoms with Gasteiger partial charge in [0.05, 0.1) is 25.9 Å². The molecule has 1 aliphatic carbocycles. The summed E-state index contributed by atoms with van der Waals surface area (Å²) < 4.78 is 17.9. The molecule has 0 aliphatic heterocycles. The Labute approximate surface area is 165 Å². The van der Waals surface area contributed by atoms with Gasteiger partial charge in [-0.3, -0.25) is 0 Å². The molecule has 0 bridgehead atoms. The SMILES string of the molecule is COc1ccc(CO[C@@H]2C(C)=CC[C@@H](O)[C@@H]2CO[Si](C)(C)C(C)(C)C)cc1. The fourth-order valence-corrected chi connectivity index (χ4v) is 4.06. The second-order valence-corrected chi connectivity index (χ2v) is 13.9. The number of hydrogen-bond acceptors (Lipinski definition) is 4. The lowest BCUT2D eigenvalue weighted by atomic mass is 9.84. The van der Waals surface area contributed by atoms with Gasteiger partial charge < -0.3 is 19.0 Å². The monoisotopic (exact) mass is 392 g/mol. The summed E-state index contributed by atoms with van der Waals surface area (Å²) in [7, 11) is -0.205. The van der Waals surface area contributed by atoms with Crippen molar-refractivity contribution in [3.05, 3.63) is 41.5 Å². The molecule has 1 aromatic rings. The maximum Gasteiger partial charge on any atom is 0.191 e. The molecule has 0 unspecified atom stereocenters. The van der Waals surface area contributed by atoms with E-state index in [1.54, 1.807) is 7.11 Å². The molecule has 152 valence electrons. The maximum atomic E-state index is 10.6. The van der Waals surface area contributed by atoms with Gasteiger partial charge in [0.1, 0.15) is 5.75 Å². The van der Waals surface area contributed by atoms with E-state index in [1.165, 1.54) is 5.57 Å². The van der Waals surface area contributed by atoms with Gasteiger partial charge in [0.25, 0.3) is 0 Å². The fraction of sp³-hybridized carbons (Fsp3) is 0.636. The molecule has 0 amide bonds.